The van der Waals surface area contributed by atoms with Gasteiger partial charge in [0.25, 0.3) is 0 Å². The van der Waals surface area contributed by atoms with Gasteiger partial charge in [-0.1, -0.05) is 0 Å². The van der Waals surface area contributed by atoms with E-state index in [9.17, 15) is 9.59 Å². The van der Waals surface area contributed by atoms with Gasteiger partial charge in [0.1, 0.15) is 0 Å². The third-order valence-corrected chi connectivity index (χ3v) is 3.69. The van der Waals surface area contributed by atoms with Crippen molar-refractivity contribution in [1.29, 1.82) is 0 Å². The minimum absolute atomic E-state index is 0.112. The molecule has 0 radical (unpaired) electrons. The van der Waals surface area contributed by atoms with E-state index in [1.165, 1.54) is 29.1 Å². The Morgan fingerprint density at radius 3 is 2.94 bits per heavy atom. The minimum atomic E-state index is -0.342. The molecule has 18 heavy (non-hydrogen) atoms. The van der Waals surface area contributed by atoms with Crippen LogP contribution in [0.25, 0.3) is 0 Å². The molecule has 1 aliphatic rings. The fourth-order valence-corrected chi connectivity index (χ4v) is 2.53. The van der Waals surface area contributed by atoms with Gasteiger partial charge in [0.15, 0.2) is 5.13 Å². The third-order valence-electron chi connectivity index (χ3n) is 2.61. The predicted octanol–water partition coefficient (Wildman–Crippen LogP) is 2.30. The Bertz CT molecular complexity index is 440. The summed E-state index contributed by atoms with van der Waals surface area (Å²) < 4.78 is 4.75. The number of carbonyl (C=O) groups excluding carboxylic acids is 2. The van der Waals surface area contributed by atoms with Crippen LogP contribution in [0.15, 0.2) is 6.20 Å². The van der Waals surface area contributed by atoms with Gasteiger partial charge in [-0.05, 0) is 25.7 Å². The molecule has 6 heteroatoms. The number of carbonyl (C=O) groups is 2. The Morgan fingerprint density at radius 2 is 2.28 bits per heavy atom. The third kappa shape index (κ3) is 3.80. The molecule has 0 aliphatic heterocycles. The molecule has 0 saturated heterocycles. The number of nitrogens with zero attached hydrogens (tertiary/aromatic N) is 1. The second-order valence-electron chi connectivity index (χ2n) is 4.20. The number of anilines is 1. The molecule has 1 amide bonds. The normalized spacial score (nSPS) is 14.3. The van der Waals surface area contributed by atoms with Gasteiger partial charge in [-0.2, -0.15) is 0 Å². The van der Waals surface area contributed by atoms with Gasteiger partial charge in [0.05, 0.1) is 13.0 Å². The molecule has 2 rings (SSSR count). The molecule has 0 spiro atoms. The van der Waals surface area contributed by atoms with Crippen LogP contribution in [0.2, 0.25) is 0 Å². The number of aromatic nitrogens is 1. The summed E-state index contributed by atoms with van der Waals surface area (Å²) >= 11 is 1.52. The van der Waals surface area contributed by atoms with E-state index in [-0.39, 0.29) is 24.7 Å². The van der Waals surface area contributed by atoms with Crippen LogP contribution in [0.5, 0.6) is 0 Å². The highest BCUT2D eigenvalue weighted by atomic mass is 32.1. The summed E-state index contributed by atoms with van der Waals surface area (Å²) in [5.41, 5.74) is 0. The molecule has 1 saturated carbocycles. The summed E-state index contributed by atoms with van der Waals surface area (Å²) in [4.78, 5) is 28.0. The van der Waals surface area contributed by atoms with E-state index in [4.69, 9.17) is 4.74 Å². The van der Waals surface area contributed by atoms with Gasteiger partial charge >= 0.3 is 5.97 Å². The maximum atomic E-state index is 11.6. The van der Waals surface area contributed by atoms with Gasteiger partial charge in [-0.3, -0.25) is 9.59 Å². The fraction of sp³-hybridized carbons (Fsp3) is 0.583. The summed E-state index contributed by atoms with van der Waals surface area (Å²) in [7, 11) is 0. The lowest BCUT2D eigenvalue weighted by Gasteiger charge is -2.01. The molecule has 0 bridgehead atoms. The van der Waals surface area contributed by atoms with Crippen LogP contribution in [-0.2, 0) is 14.3 Å². The zero-order valence-corrected chi connectivity index (χ0v) is 11.1. The highest BCUT2D eigenvalue weighted by Gasteiger charge is 2.25. The predicted molar refractivity (Wildman–Crippen MR) is 68.6 cm³/mol. The summed E-state index contributed by atoms with van der Waals surface area (Å²) in [6, 6.07) is 0. The second-order valence-corrected chi connectivity index (χ2v) is 5.26. The average molecular weight is 268 g/mol. The molecule has 1 aliphatic carbocycles. The van der Waals surface area contributed by atoms with Crippen molar-refractivity contribution < 1.29 is 14.3 Å². The molecular weight excluding hydrogens is 252 g/mol. The Kier molecular flexibility index (Phi) is 4.30. The van der Waals surface area contributed by atoms with Crippen LogP contribution in [0.3, 0.4) is 0 Å². The summed E-state index contributed by atoms with van der Waals surface area (Å²) in [5, 5.41) is 3.32. The number of thiazole rings is 1. The first-order valence-corrected chi connectivity index (χ1v) is 6.92. The number of nitrogens with one attached hydrogen (secondary N) is 1. The van der Waals surface area contributed by atoms with Crippen LogP contribution in [-0.4, -0.2) is 23.5 Å². The number of rotatable bonds is 6. The van der Waals surface area contributed by atoms with E-state index < -0.39 is 0 Å². The largest absolute Gasteiger partial charge is 0.466 e. The van der Waals surface area contributed by atoms with Crippen LogP contribution < -0.4 is 5.32 Å². The lowest BCUT2D eigenvalue weighted by atomic mass is 10.3. The molecule has 1 N–H and O–H groups in total. The highest BCUT2D eigenvalue weighted by Crippen LogP contribution is 2.43. The molecule has 1 fully saturated rings. The van der Waals surface area contributed by atoms with Crippen molar-refractivity contribution in [2.45, 2.75) is 38.5 Å². The van der Waals surface area contributed by atoms with Crippen LogP contribution in [0.4, 0.5) is 5.13 Å². The molecule has 1 aromatic rings. The van der Waals surface area contributed by atoms with Gasteiger partial charge in [0, 0.05) is 17.5 Å². The van der Waals surface area contributed by atoms with Gasteiger partial charge in [-0.25, -0.2) is 4.98 Å². The second kappa shape index (κ2) is 5.95. The number of hydrogen-bond donors (Lipinski definition) is 1. The van der Waals surface area contributed by atoms with E-state index >= 15 is 0 Å². The summed E-state index contributed by atoms with van der Waals surface area (Å²) in [6.45, 7) is 2.09. The van der Waals surface area contributed by atoms with Gasteiger partial charge in [-0.15, -0.1) is 11.3 Å². The first-order chi connectivity index (χ1) is 8.69. The summed E-state index contributed by atoms with van der Waals surface area (Å²) in [6.07, 6.45) is 4.51. The van der Waals surface area contributed by atoms with Crippen LogP contribution in [0.1, 0.15) is 43.4 Å². The van der Waals surface area contributed by atoms with E-state index in [0.717, 1.165) is 0 Å². The zero-order valence-electron chi connectivity index (χ0n) is 10.3. The molecule has 0 unspecified atom stereocenters. The van der Waals surface area contributed by atoms with E-state index in [2.05, 4.69) is 10.3 Å². The number of esters is 1. The fourth-order valence-electron chi connectivity index (χ4n) is 1.53. The first kappa shape index (κ1) is 13.0. The van der Waals surface area contributed by atoms with Gasteiger partial charge in [0.2, 0.25) is 5.91 Å². The van der Waals surface area contributed by atoms with Crippen molar-refractivity contribution in [1.82, 2.24) is 4.98 Å². The maximum Gasteiger partial charge on any atom is 0.306 e. The Balaban J connectivity index is 1.74. The standard InChI is InChI=1S/C12H16N2O3S/c1-2-17-11(16)6-5-10(15)14-12-13-7-9(18-12)8-3-4-8/h7-8H,2-6H2,1H3,(H,13,14,15). The highest BCUT2D eigenvalue weighted by molar-refractivity contribution is 7.15. The number of hydrogen-bond acceptors (Lipinski definition) is 5. The summed E-state index contributed by atoms with van der Waals surface area (Å²) in [5.74, 6) is 0.109. The molecule has 0 atom stereocenters. The van der Waals surface area contributed by atoms with E-state index in [1.54, 1.807) is 6.92 Å². The topological polar surface area (TPSA) is 68.3 Å². The monoisotopic (exact) mass is 268 g/mol. The van der Waals surface area contributed by atoms with Crippen molar-refractivity contribution in [3.05, 3.63) is 11.1 Å². The zero-order chi connectivity index (χ0) is 13.0. The molecule has 1 aromatic heterocycles. The average Bonchev–Trinajstić information content (AvgIpc) is 3.09. The Hall–Kier alpha value is -1.43. The Labute approximate surface area is 110 Å². The number of ether oxygens (including phenoxy) is 1. The van der Waals surface area contributed by atoms with Crippen LogP contribution in [0, 0.1) is 0 Å². The van der Waals surface area contributed by atoms with Crippen molar-refractivity contribution in [2.75, 3.05) is 11.9 Å². The smallest absolute Gasteiger partial charge is 0.306 e. The van der Waals surface area contributed by atoms with Gasteiger partial charge < -0.3 is 10.1 Å². The Morgan fingerprint density at radius 1 is 1.50 bits per heavy atom. The lowest BCUT2D eigenvalue weighted by molar-refractivity contribution is -0.144. The molecule has 1 heterocycles. The molecule has 0 aromatic carbocycles. The molecule has 5 nitrogen and oxygen atoms in total. The molecule has 98 valence electrons. The van der Waals surface area contributed by atoms with Crippen molar-refractivity contribution in [2.24, 2.45) is 0 Å². The van der Waals surface area contributed by atoms with Crippen molar-refractivity contribution in [3.63, 3.8) is 0 Å². The SMILES string of the molecule is CCOC(=O)CCC(=O)Nc1ncc(C2CC2)s1. The van der Waals surface area contributed by atoms with Crippen molar-refractivity contribution >= 4 is 28.3 Å². The quantitative estimate of drug-likeness (QED) is 0.804. The minimum Gasteiger partial charge on any atom is -0.466 e. The lowest BCUT2D eigenvalue weighted by Crippen LogP contribution is -2.14. The maximum absolute atomic E-state index is 11.6. The molecular formula is C12H16N2O3S. The van der Waals surface area contributed by atoms with Crippen molar-refractivity contribution in [3.8, 4) is 0 Å². The number of amides is 1. The first-order valence-electron chi connectivity index (χ1n) is 6.10. The van der Waals surface area contributed by atoms with E-state index in [0.29, 0.717) is 17.7 Å². The van der Waals surface area contributed by atoms with E-state index in [1.807, 2.05) is 6.20 Å². The van der Waals surface area contributed by atoms with Crippen LogP contribution >= 0.6 is 11.3 Å².